The third kappa shape index (κ3) is 56.0. The van der Waals surface area contributed by atoms with Crippen LogP contribution in [0, 0.1) is 0 Å². The van der Waals surface area contributed by atoms with Crippen LogP contribution in [-0.2, 0) is 27.9 Å². The maximum Gasteiger partial charge on any atom is 0.306 e. The van der Waals surface area contributed by atoms with Gasteiger partial charge < -0.3 is 28.5 Å². The van der Waals surface area contributed by atoms with Crippen LogP contribution in [0.4, 0.5) is 0 Å². The summed E-state index contributed by atoms with van der Waals surface area (Å²) >= 11 is 0. The Morgan fingerprint density at radius 2 is 0.827 bits per heavy atom. The fraction of sp³-hybridized carbons (Fsp3) is 0.785. The fourth-order valence-electron chi connectivity index (χ4n) is 8.76. The number of hydrogen-bond donors (Lipinski definition) is 1. The summed E-state index contributed by atoms with van der Waals surface area (Å²) in [5.74, 6) is -0.620. The lowest BCUT2D eigenvalue weighted by Gasteiger charge is -2.30. The Labute approximate surface area is 463 Å². The third-order valence-corrected chi connectivity index (χ3v) is 14.6. The summed E-state index contributed by atoms with van der Waals surface area (Å²) in [6.07, 6.45) is 70.4. The predicted molar refractivity (Wildman–Crippen MR) is 321 cm³/mol. The summed E-state index contributed by atoms with van der Waals surface area (Å²) in [5, 5.41) is 2.98. The van der Waals surface area contributed by atoms with E-state index in [4.69, 9.17) is 13.8 Å². The number of ether oxygens (including phenoxy) is 1. The third-order valence-electron chi connectivity index (χ3n) is 13.6. The zero-order chi connectivity index (χ0) is 55.0. The van der Waals surface area contributed by atoms with Crippen LogP contribution in [0.25, 0.3) is 0 Å². The van der Waals surface area contributed by atoms with Crippen molar-refractivity contribution >= 4 is 19.7 Å². The molecular weight excluding hydrogens is 952 g/mol. The Bertz CT molecular complexity index is 1510. The highest BCUT2D eigenvalue weighted by molar-refractivity contribution is 7.45. The number of likely N-dealkylation sites (N-methyl/N-ethyl adjacent to an activating group) is 1. The van der Waals surface area contributed by atoms with E-state index in [0.717, 1.165) is 64.2 Å². The molecule has 10 heteroatoms. The van der Waals surface area contributed by atoms with Gasteiger partial charge in [-0.3, -0.25) is 14.2 Å². The Balaban J connectivity index is 5.13. The van der Waals surface area contributed by atoms with Gasteiger partial charge in [-0.15, -0.1) is 0 Å². The van der Waals surface area contributed by atoms with Crippen LogP contribution in [0.5, 0.6) is 0 Å². The van der Waals surface area contributed by atoms with Crippen LogP contribution >= 0.6 is 7.82 Å². The van der Waals surface area contributed by atoms with Gasteiger partial charge in [-0.25, -0.2) is 0 Å². The molecule has 3 unspecified atom stereocenters. The first kappa shape index (κ1) is 72.5. The molecule has 0 bridgehead atoms. The van der Waals surface area contributed by atoms with E-state index in [9.17, 15) is 19.0 Å². The summed E-state index contributed by atoms with van der Waals surface area (Å²) < 4.78 is 30.2. The Morgan fingerprint density at radius 1 is 0.467 bits per heavy atom. The molecule has 1 N–H and O–H groups in total. The largest absolute Gasteiger partial charge is 0.756 e. The number of nitrogens with zero attached hydrogens (tertiary/aromatic N) is 1. The maximum atomic E-state index is 13.4. The first-order valence-electron chi connectivity index (χ1n) is 31.2. The van der Waals surface area contributed by atoms with Gasteiger partial charge in [-0.1, -0.05) is 248 Å². The minimum absolute atomic E-state index is 0.0333. The average Bonchev–Trinajstić information content (AvgIpc) is 3.37. The standard InChI is InChI=1S/C65H119N2O7P/c1-7-10-13-16-19-22-25-27-28-29-30-31-32-33-34-35-36-37-38-40-43-46-49-52-55-58-65(69)74-63(56-53-50-47-44-41-24-21-18-15-12-9-3)62(61-73-75(70,71)72-60-59-67(4,5)6)66-64(68)57-54-51-48-45-42-39-26-23-20-17-14-11-8-2/h19,22,27-28,30-31,39,42,48,51,53,56,62-63H,7-18,20-21,23-26,29,32-38,40-41,43-47,49-50,52,54-55,57-61H2,1-6H3,(H-,66,68,70,71)/b22-19-,28-27-,31-30-,42-39-,51-48+,56-53-. The minimum atomic E-state index is -4.71. The monoisotopic (exact) mass is 1070 g/mol. The Kier molecular flexibility index (Phi) is 52.9. The predicted octanol–water partition coefficient (Wildman–Crippen LogP) is 18.6. The van der Waals surface area contributed by atoms with Gasteiger partial charge >= 0.3 is 5.97 Å². The second-order valence-electron chi connectivity index (χ2n) is 22.2. The van der Waals surface area contributed by atoms with Gasteiger partial charge in [0.05, 0.1) is 33.8 Å². The van der Waals surface area contributed by atoms with Crippen molar-refractivity contribution < 1.29 is 37.3 Å². The van der Waals surface area contributed by atoms with Gasteiger partial charge in [-0.2, -0.15) is 0 Å². The van der Waals surface area contributed by atoms with Crippen LogP contribution in [0.15, 0.2) is 72.9 Å². The number of hydrogen-bond acceptors (Lipinski definition) is 7. The number of quaternary nitrogens is 1. The number of nitrogens with one attached hydrogen (secondary N) is 1. The highest BCUT2D eigenvalue weighted by atomic mass is 31.2. The highest BCUT2D eigenvalue weighted by Gasteiger charge is 2.27. The number of carbonyl (C=O) groups is 2. The zero-order valence-electron chi connectivity index (χ0n) is 49.7. The van der Waals surface area contributed by atoms with E-state index in [1.165, 1.54) is 173 Å². The number of rotatable bonds is 56. The number of esters is 1. The fourth-order valence-corrected chi connectivity index (χ4v) is 9.48. The number of phosphoric acid groups is 1. The molecule has 75 heavy (non-hydrogen) atoms. The molecule has 0 fully saturated rings. The van der Waals surface area contributed by atoms with E-state index in [2.05, 4.69) is 80.8 Å². The summed E-state index contributed by atoms with van der Waals surface area (Å²) in [6.45, 7) is 6.76. The second-order valence-corrected chi connectivity index (χ2v) is 23.6. The number of allylic oxidation sites excluding steroid dienone is 11. The molecule has 0 heterocycles. The summed E-state index contributed by atoms with van der Waals surface area (Å²) in [4.78, 5) is 39.9. The van der Waals surface area contributed by atoms with Gasteiger partial charge in [0.1, 0.15) is 19.3 Å². The van der Waals surface area contributed by atoms with Crippen LogP contribution in [-0.4, -0.2) is 69.4 Å². The minimum Gasteiger partial charge on any atom is -0.756 e. The lowest BCUT2D eigenvalue weighted by Crippen LogP contribution is -2.47. The molecule has 0 spiro atoms. The van der Waals surface area contributed by atoms with Crippen LogP contribution in [0.2, 0.25) is 0 Å². The van der Waals surface area contributed by atoms with Crippen molar-refractivity contribution in [2.45, 2.75) is 290 Å². The van der Waals surface area contributed by atoms with Crippen LogP contribution in [0.3, 0.4) is 0 Å². The molecule has 436 valence electrons. The van der Waals surface area contributed by atoms with Crippen molar-refractivity contribution in [3.05, 3.63) is 72.9 Å². The van der Waals surface area contributed by atoms with Gasteiger partial charge in [0.15, 0.2) is 0 Å². The Morgan fingerprint density at radius 3 is 1.27 bits per heavy atom. The van der Waals surface area contributed by atoms with Crippen molar-refractivity contribution in [1.29, 1.82) is 0 Å². The van der Waals surface area contributed by atoms with E-state index in [0.29, 0.717) is 17.4 Å². The van der Waals surface area contributed by atoms with E-state index in [1.54, 1.807) is 0 Å². The molecule has 0 aliphatic rings. The second kappa shape index (κ2) is 54.8. The van der Waals surface area contributed by atoms with Crippen LogP contribution < -0.4 is 10.2 Å². The molecule has 0 aromatic heterocycles. The van der Waals surface area contributed by atoms with Gasteiger partial charge in [0, 0.05) is 12.8 Å². The first-order valence-corrected chi connectivity index (χ1v) is 32.7. The summed E-state index contributed by atoms with van der Waals surface area (Å²) in [7, 11) is 1.15. The molecule has 0 aromatic carbocycles. The maximum absolute atomic E-state index is 13.4. The molecule has 3 atom stereocenters. The molecule has 0 aromatic rings. The van der Waals surface area contributed by atoms with E-state index >= 15 is 0 Å². The molecule has 0 saturated heterocycles. The first-order chi connectivity index (χ1) is 36.4. The quantitative estimate of drug-likeness (QED) is 0.0212. The topological polar surface area (TPSA) is 114 Å². The summed E-state index contributed by atoms with van der Waals surface area (Å²) in [6, 6.07) is -0.920. The van der Waals surface area contributed by atoms with Crippen molar-refractivity contribution in [3.8, 4) is 0 Å². The number of carbonyl (C=O) groups excluding carboxylic acids is 2. The summed E-state index contributed by atoms with van der Waals surface area (Å²) in [5.41, 5.74) is 0. The van der Waals surface area contributed by atoms with E-state index < -0.39 is 26.6 Å². The zero-order valence-corrected chi connectivity index (χ0v) is 50.6. The van der Waals surface area contributed by atoms with Crippen molar-refractivity contribution in [3.63, 3.8) is 0 Å². The van der Waals surface area contributed by atoms with Crippen LogP contribution in [0.1, 0.15) is 278 Å². The molecule has 0 radical (unpaired) electrons. The smallest absolute Gasteiger partial charge is 0.306 e. The average molecular weight is 1070 g/mol. The SMILES string of the molecule is CCCCC/C=C\C/C=C\C/C=C\CCCCCCCCCCCCCCC(=O)OC(/C=C\CCCCCCCCCCC)C(COP(=O)([O-])OCC[N+](C)(C)C)NC(=O)CC/C=C/C/C=C\CCCCCCCC. The van der Waals surface area contributed by atoms with Crippen molar-refractivity contribution in [1.82, 2.24) is 5.32 Å². The number of unbranched alkanes of at least 4 members (excludes halogenated alkanes) is 30. The molecule has 0 aliphatic carbocycles. The number of phosphoric ester groups is 1. The van der Waals surface area contributed by atoms with E-state index in [-0.39, 0.29) is 31.3 Å². The molecule has 9 nitrogen and oxygen atoms in total. The molecule has 0 rings (SSSR count). The Hall–Kier alpha value is -2.55. The highest BCUT2D eigenvalue weighted by Crippen LogP contribution is 2.38. The molecule has 1 amide bonds. The molecule has 0 saturated carbocycles. The van der Waals surface area contributed by atoms with Crippen molar-refractivity contribution in [2.24, 2.45) is 0 Å². The number of amides is 1. The van der Waals surface area contributed by atoms with Crippen molar-refractivity contribution in [2.75, 3.05) is 40.9 Å². The van der Waals surface area contributed by atoms with Gasteiger partial charge in [0.2, 0.25) is 5.91 Å². The van der Waals surface area contributed by atoms with Gasteiger partial charge in [0.25, 0.3) is 7.82 Å². The molecular formula is C65H119N2O7P. The van der Waals surface area contributed by atoms with E-state index in [1.807, 2.05) is 39.4 Å². The lowest BCUT2D eigenvalue weighted by molar-refractivity contribution is -0.870. The molecule has 0 aliphatic heterocycles. The van der Waals surface area contributed by atoms with Gasteiger partial charge in [-0.05, 0) is 89.5 Å². The normalized spacial score (nSPS) is 14.2. The lowest BCUT2D eigenvalue weighted by atomic mass is 10.0.